The quantitative estimate of drug-likeness (QED) is 0.420. The molecule has 3 aromatic rings. The van der Waals surface area contributed by atoms with E-state index in [1.54, 1.807) is 23.8 Å². The van der Waals surface area contributed by atoms with E-state index in [2.05, 4.69) is 45.5 Å². The van der Waals surface area contributed by atoms with Crippen molar-refractivity contribution >= 4 is 50.6 Å². The third kappa shape index (κ3) is 3.84. The van der Waals surface area contributed by atoms with E-state index in [-0.39, 0.29) is 23.2 Å². The summed E-state index contributed by atoms with van der Waals surface area (Å²) >= 11 is 6.83. The van der Waals surface area contributed by atoms with Crippen LogP contribution in [0.25, 0.3) is 0 Å². The molecule has 2 bridgehead atoms. The maximum atomic E-state index is 13.2. The van der Waals surface area contributed by atoms with Gasteiger partial charge >= 0.3 is 4.87 Å². The Morgan fingerprint density at radius 1 is 1.18 bits per heavy atom. The third-order valence-corrected chi connectivity index (χ3v) is 10.9. The van der Waals surface area contributed by atoms with Gasteiger partial charge in [-0.1, -0.05) is 39.4 Å². The molecule has 2 fully saturated rings. The number of nitrogens with one attached hydrogen (secondary N) is 1. The maximum Gasteiger partial charge on any atom is 0.308 e. The Balaban J connectivity index is 1.34. The molecule has 0 spiro atoms. The highest BCUT2D eigenvalue weighted by Gasteiger charge is 2.55. The number of hydrogen-bond acceptors (Lipinski definition) is 5. The van der Waals surface area contributed by atoms with Gasteiger partial charge in [-0.15, -0.1) is 11.8 Å². The molecule has 0 saturated heterocycles. The minimum absolute atomic E-state index is 0.0282. The van der Waals surface area contributed by atoms with Crippen molar-refractivity contribution in [2.75, 3.05) is 12.4 Å². The second-order valence-corrected chi connectivity index (χ2v) is 12.5. The number of nitrogens with zero attached hydrogens (tertiary/aromatic N) is 1. The molecule has 4 unspecified atom stereocenters. The Bertz CT molecular complexity index is 1300. The molecule has 1 N–H and O–H groups in total. The smallest absolute Gasteiger partial charge is 0.308 e. The molecular formula is C26H25BrN2O3S2. The molecule has 5 atom stereocenters. The summed E-state index contributed by atoms with van der Waals surface area (Å²) in [5.74, 6) is 2.75. The van der Waals surface area contributed by atoms with E-state index in [4.69, 9.17) is 4.74 Å². The van der Waals surface area contributed by atoms with Gasteiger partial charge < -0.3 is 10.1 Å². The lowest BCUT2D eigenvalue weighted by Gasteiger charge is -2.40. The van der Waals surface area contributed by atoms with Gasteiger partial charge in [0.2, 0.25) is 5.91 Å². The summed E-state index contributed by atoms with van der Waals surface area (Å²) in [5, 5.41) is 4.44. The summed E-state index contributed by atoms with van der Waals surface area (Å²) < 4.78 is 7.95. The summed E-state index contributed by atoms with van der Waals surface area (Å²) in [5.41, 5.74) is 1.96. The predicted molar refractivity (Wildman–Crippen MR) is 140 cm³/mol. The SMILES string of the molecule is COc1ccc(NC(=O)Cn2c3c(sc2=O)[C@@H](c2cccc(Br)c2)C2C4CCC(C4)C2S3)cc1. The lowest BCUT2D eigenvalue weighted by molar-refractivity contribution is -0.116. The lowest BCUT2D eigenvalue weighted by atomic mass is 9.75. The van der Waals surface area contributed by atoms with Crippen molar-refractivity contribution in [1.29, 1.82) is 0 Å². The molecule has 0 radical (unpaired) electrons. The normalized spacial score (nSPS) is 26.7. The van der Waals surface area contributed by atoms with Crippen molar-refractivity contribution < 1.29 is 9.53 Å². The van der Waals surface area contributed by atoms with Gasteiger partial charge in [-0.05, 0) is 79.0 Å². The van der Waals surface area contributed by atoms with Gasteiger partial charge in [-0.25, -0.2) is 0 Å². The van der Waals surface area contributed by atoms with Gasteiger partial charge in [-0.3, -0.25) is 14.2 Å². The maximum absolute atomic E-state index is 13.2. The van der Waals surface area contributed by atoms with Crippen LogP contribution in [0.2, 0.25) is 0 Å². The van der Waals surface area contributed by atoms with Crippen molar-refractivity contribution in [3.05, 3.63) is 73.1 Å². The highest BCUT2D eigenvalue weighted by Crippen LogP contribution is 2.64. The van der Waals surface area contributed by atoms with Gasteiger partial charge in [-0.2, -0.15) is 0 Å². The monoisotopic (exact) mass is 556 g/mol. The van der Waals surface area contributed by atoms with Crippen LogP contribution in [0.1, 0.15) is 35.6 Å². The second-order valence-electron chi connectivity index (χ2n) is 9.43. The van der Waals surface area contributed by atoms with Crippen LogP contribution in [0.15, 0.2) is 62.8 Å². The molecule has 8 heteroatoms. The number of methoxy groups -OCH3 is 1. The van der Waals surface area contributed by atoms with Crippen LogP contribution in [0.5, 0.6) is 5.75 Å². The number of halogens is 1. The summed E-state index contributed by atoms with van der Waals surface area (Å²) in [6.45, 7) is 0.0282. The number of benzene rings is 2. The number of fused-ring (bicyclic) bond motifs is 6. The molecule has 2 heterocycles. The molecule has 6 rings (SSSR count). The van der Waals surface area contributed by atoms with Crippen LogP contribution < -0.4 is 14.9 Å². The standard InChI is InChI=1S/C26H25BrN2O3S2/c1-32-19-9-7-18(8-10-19)28-20(30)13-29-25-24(34-26(29)31)22(14-3-2-4-17(27)12-14)21-15-5-6-16(11-15)23(21)33-25/h2-4,7-10,12,15-16,21-23H,5-6,11,13H2,1H3,(H,28,30)/t15?,16?,21?,22-,23?/m0/s1. The van der Waals surface area contributed by atoms with Crippen LogP contribution in [-0.2, 0) is 11.3 Å². The zero-order valence-corrected chi connectivity index (χ0v) is 21.9. The summed E-state index contributed by atoms with van der Waals surface area (Å²) in [6, 6.07) is 15.8. The van der Waals surface area contributed by atoms with Crippen LogP contribution in [-0.4, -0.2) is 22.8 Å². The molecule has 34 heavy (non-hydrogen) atoms. The number of aromatic nitrogens is 1. The fourth-order valence-electron chi connectivity index (χ4n) is 6.18. The van der Waals surface area contributed by atoms with Gasteiger partial charge in [0, 0.05) is 26.2 Å². The van der Waals surface area contributed by atoms with E-state index < -0.39 is 0 Å². The Kier molecular flexibility index (Phi) is 5.86. The third-order valence-electron chi connectivity index (χ3n) is 7.57. The minimum Gasteiger partial charge on any atom is -0.497 e. The summed E-state index contributed by atoms with van der Waals surface area (Å²) in [6.07, 6.45) is 3.88. The van der Waals surface area contributed by atoms with Crippen LogP contribution in [0.4, 0.5) is 5.69 Å². The average molecular weight is 558 g/mol. The average Bonchev–Trinajstić information content (AvgIpc) is 3.52. The molecular weight excluding hydrogens is 532 g/mol. The van der Waals surface area contributed by atoms with Crippen molar-refractivity contribution in [1.82, 2.24) is 4.57 Å². The molecule has 1 aromatic heterocycles. The van der Waals surface area contributed by atoms with Crippen LogP contribution in [0, 0.1) is 17.8 Å². The number of rotatable bonds is 5. The highest BCUT2D eigenvalue weighted by molar-refractivity contribution is 9.10. The van der Waals surface area contributed by atoms with Gasteiger partial charge in [0.05, 0.1) is 12.1 Å². The number of carbonyl (C=O) groups excluding carboxylic acids is 1. The molecule has 3 aliphatic rings. The minimum atomic E-state index is -0.192. The summed E-state index contributed by atoms with van der Waals surface area (Å²) in [4.78, 5) is 27.2. The Morgan fingerprint density at radius 2 is 1.97 bits per heavy atom. The summed E-state index contributed by atoms with van der Waals surface area (Å²) in [7, 11) is 1.61. The molecule has 1 aliphatic heterocycles. The number of ether oxygens (including phenoxy) is 1. The first-order chi connectivity index (χ1) is 16.5. The molecule has 2 saturated carbocycles. The Morgan fingerprint density at radius 3 is 2.74 bits per heavy atom. The van der Waals surface area contributed by atoms with Crippen molar-refractivity contribution in [2.45, 2.75) is 42.0 Å². The molecule has 2 aromatic carbocycles. The molecule has 5 nitrogen and oxygen atoms in total. The Labute approximate surface area is 215 Å². The van der Waals surface area contributed by atoms with Crippen LogP contribution >= 0.6 is 39.0 Å². The van der Waals surface area contributed by atoms with Gasteiger partial charge in [0.25, 0.3) is 0 Å². The van der Waals surface area contributed by atoms with Crippen molar-refractivity contribution in [3.8, 4) is 5.75 Å². The fraction of sp³-hybridized carbons (Fsp3) is 0.385. The largest absolute Gasteiger partial charge is 0.497 e. The molecule has 2 aliphatic carbocycles. The molecule has 176 valence electrons. The number of amides is 1. The zero-order chi connectivity index (χ0) is 23.4. The number of thioether (sulfide) groups is 1. The van der Waals surface area contributed by atoms with Crippen molar-refractivity contribution in [2.24, 2.45) is 17.8 Å². The van der Waals surface area contributed by atoms with Crippen molar-refractivity contribution in [3.63, 3.8) is 0 Å². The van der Waals surface area contributed by atoms with E-state index in [0.717, 1.165) is 26.0 Å². The first-order valence-electron chi connectivity index (χ1n) is 11.6. The van der Waals surface area contributed by atoms with E-state index >= 15 is 0 Å². The second kappa shape index (κ2) is 8.88. The number of carbonyl (C=O) groups is 1. The highest BCUT2D eigenvalue weighted by atomic mass is 79.9. The van der Waals surface area contributed by atoms with Gasteiger partial charge in [0.1, 0.15) is 12.3 Å². The number of hydrogen-bond donors (Lipinski definition) is 1. The fourth-order valence-corrected chi connectivity index (χ4v) is 9.75. The first kappa shape index (κ1) is 22.4. The topological polar surface area (TPSA) is 60.3 Å². The Hall–Kier alpha value is -2.03. The zero-order valence-electron chi connectivity index (χ0n) is 18.7. The molecule has 1 amide bonds. The number of anilines is 1. The van der Waals surface area contributed by atoms with E-state index in [9.17, 15) is 9.59 Å². The van der Waals surface area contributed by atoms with E-state index in [1.165, 1.54) is 36.2 Å². The lowest BCUT2D eigenvalue weighted by Crippen LogP contribution is -2.34. The van der Waals surface area contributed by atoms with E-state index in [1.807, 2.05) is 23.9 Å². The van der Waals surface area contributed by atoms with E-state index in [0.29, 0.717) is 22.8 Å². The predicted octanol–water partition coefficient (Wildman–Crippen LogP) is 5.97. The first-order valence-corrected chi connectivity index (χ1v) is 14.1. The van der Waals surface area contributed by atoms with Gasteiger partial charge in [0.15, 0.2) is 0 Å². The van der Waals surface area contributed by atoms with Crippen LogP contribution in [0.3, 0.4) is 0 Å². The number of thiazole rings is 1.